The van der Waals surface area contributed by atoms with Crippen molar-refractivity contribution in [3.8, 4) is 0 Å². The smallest absolute Gasteiger partial charge is 0.158 e. The lowest BCUT2D eigenvalue weighted by Gasteiger charge is -2.67. The third-order valence-electron chi connectivity index (χ3n) is 13.6. The van der Waals surface area contributed by atoms with Crippen LogP contribution in [0.15, 0.2) is 0 Å². The summed E-state index contributed by atoms with van der Waals surface area (Å²) < 4.78 is 12.0. The molecular formula is C30H50O4. The van der Waals surface area contributed by atoms with Gasteiger partial charge in [0.2, 0.25) is 0 Å². The zero-order valence-corrected chi connectivity index (χ0v) is 22.8. The summed E-state index contributed by atoms with van der Waals surface area (Å²) in [4.78, 5) is 0. The van der Waals surface area contributed by atoms with E-state index in [1.165, 1.54) is 44.9 Å². The summed E-state index contributed by atoms with van der Waals surface area (Å²) in [5, 5.41) is 21.9. The fraction of sp³-hybridized carbons (Fsp3) is 1.00. The quantitative estimate of drug-likeness (QED) is 0.487. The fourth-order valence-electron chi connectivity index (χ4n) is 11.3. The van der Waals surface area contributed by atoms with Gasteiger partial charge in [0.25, 0.3) is 0 Å². The van der Waals surface area contributed by atoms with Crippen molar-refractivity contribution in [3.63, 3.8) is 0 Å². The summed E-state index contributed by atoms with van der Waals surface area (Å²) in [6.45, 7) is 16.8. The minimum atomic E-state index is -0.638. The lowest BCUT2D eigenvalue weighted by molar-refractivity contribution is -0.204. The van der Waals surface area contributed by atoms with Crippen molar-refractivity contribution in [3.05, 3.63) is 0 Å². The number of fused-ring (bicyclic) bond motifs is 5. The Hall–Kier alpha value is -0.160. The minimum absolute atomic E-state index is 0.0246. The molecule has 0 radical (unpaired) electrons. The molecule has 0 bridgehead atoms. The average molecular weight is 475 g/mol. The van der Waals surface area contributed by atoms with Gasteiger partial charge in [-0.1, -0.05) is 34.6 Å². The van der Waals surface area contributed by atoms with Crippen molar-refractivity contribution in [2.75, 3.05) is 0 Å². The highest BCUT2D eigenvalue weighted by atomic mass is 16.7. The first-order valence-electron chi connectivity index (χ1n) is 14.5. The average Bonchev–Trinajstić information content (AvgIpc) is 3.08. The molecule has 4 nitrogen and oxygen atoms in total. The molecule has 6 rings (SSSR count). The van der Waals surface area contributed by atoms with Crippen LogP contribution in [0.5, 0.6) is 0 Å². The van der Waals surface area contributed by atoms with Gasteiger partial charge in [-0.2, -0.15) is 0 Å². The molecule has 4 heteroatoms. The van der Waals surface area contributed by atoms with E-state index in [0.717, 1.165) is 24.7 Å². The summed E-state index contributed by atoms with van der Waals surface area (Å²) in [6.07, 6.45) is 10.2. The lowest BCUT2D eigenvalue weighted by atomic mass is 9.38. The minimum Gasteiger partial charge on any atom is -0.393 e. The Labute approximate surface area is 207 Å². The fourth-order valence-corrected chi connectivity index (χ4v) is 11.3. The van der Waals surface area contributed by atoms with E-state index in [-0.39, 0.29) is 40.7 Å². The van der Waals surface area contributed by atoms with Crippen LogP contribution in [-0.2, 0) is 9.47 Å². The Bertz CT molecular complexity index is 838. The molecule has 34 heavy (non-hydrogen) atoms. The van der Waals surface area contributed by atoms with E-state index in [2.05, 4.69) is 48.5 Å². The maximum atomic E-state index is 11.1. The molecule has 0 spiro atoms. The van der Waals surface area contributed by atoms with Gasteiger partial charge in [-0.3, -0.25) is 0 Å². The van der Waals surface area contributed by atoms with Crippen LogP contribution in [0.4, 0.5) is 0 Å². The maximum Gasteiger partial charge on any atom is 0.158 e. The predicted octanol–water partition coefficient (Wildman–Crippen LogP) is 5.93. The third-order valence-corrected chi connectivity index (χ3v) is 13.6. The number of hydrogen-bond acceptors (Lipinski definition) is 4. The Morgan fingerprint density at radius 2 is 1.32 bits per heavy atom. The molecule has 0 aromatic carbocycles. The van der Waals surface area contributed by atoms with Crippen LogP contribution >= 0.6 is 0 Å². The second-order valence-corrected chi connectivity index (χ2v) is 15.3. The number of aliphatic hydroxyl groups is 2. The molecule has 0 aromatic heterocycles. The van der Waals surface area contributed by atoms with E-state index >= 15 is 0 Å². The molecule has 12 atom stereocenters. The van der Waals surface area contributed by atoms with Crippen LogP contribution in [0.2, 0.25) is 0 Å². The molecule has 2 heterocycles. The van der Waals surface area contributed by atoms with Crippen molar-refractivity contribution in [2.45, 2.75) is 136 Å². The molecular weight excluding hydrogens is 424 g/mol. The summed E-state index contributed by atoms with van der Waals surface area (Å²) in [5.74, 6) is 2.94. The summed E-state index contributed by atoms with van der Waals surface area (Å²) >= 11 is 0. The van der Waals surface area contributed by atoms with Gasteiger partial charge in [-0.15, -0.1) is 0 Å². The largest absolute Gasteiger partial charge is 0.393 e. The van der Waals surface area contributed by atoms with Gasteiger partial charge >= 0.3 is 0 Å². The third kappa shape index (κ3) is 2.98. The predicted molar refractivity (Wildman–Crippen MR) is 133 cm³/mol. The lowest BCUT2D eigenvalue weighted by Crippen LogP contribution is -2.61. The van der Waals surface area contributed by atoms with Crippen LogP contribution in [0.1, 0.15) is 106 Å². The summed E-state index contributed by atoms with van der Waals surface area (Å²) in [7, 11) is 0. The molecule has 194 valence electrons. The number of epoxide rings is 1. The molecule has 2 aliphatic heterocycles. The Morgan fingerprint density at radius 1 is 0.706 bits per heavy atom. The van der Waals surface area contributed by atoms with E-state index in [0.29, 0.717) is 22.7 Å². The first-order valence-corrected chi connectivity index (χ1v) is 14.5. The van der Waals surface area contributed by atoms with Gasteiger partial charge in [0.05, 0.1) is 17.8 Å². The highest BCUT2D eigenvalue weighted by Crippen LogP contribution is 2.75. The highest BCUT2D eigenvalue weighted by Gasteiger charge is 2.69. The SMILES string of the molecule is CC1(C)O[C@H]1[C@H]1C[C@@H]([C@H]2CC[C@@]3(C)C4CC[C@@H]5C(C)(C)[C@@H](O)CC[C@@]5(C)[C@@H]4CC[C@@]23C)C(O)O1. The molecule has 6 fully saturated rings. The molecule has 6 aliphatic rings. The Balaban J connectivity index is 1.26. The van der Waals surface area contributed by atoms with Gasteiger partial charge in [-0.05, 0) is 117 Å². The van der Waals surface area contributed by atoms with E-state index in [1.54, 1.807) is 0 Å². The van der Waals surface area contributed by atoms with Gasteiger partial charge < -0.3 is 19.7 Å². The number of hydrogen-bond donors (Lipinski definition) is 2. The molecule has 4 saturated carbocycles. The van der Waals surface area contributed by atoms with Crippen LogP contribution in [0.3, 0.4) is 0 Å². The first-order chi connectivity index (χ1) is 15.8. The van der Waals surface area contributed by atoms with Gasteiger partial charge in [0.1, 0.15) is 6.10 Å². The molecule has 2 N–H and O–H groups in total. The van der Waals surface area contributed by atoms with Crippen molar-refractivity contribution in [1.29, 1.82) is 0 Å². The van der Waals surface area contributed by atoms with Crippen molar-refractivity contribution >= 4 is 0 Å². The van der Waals surface area contributed by atoms with Crippen LogP contribution in [-0.4, -0.2) is 40.4 Å². The second-order valence-electron chi connectivity index (χ2n) is 15.3. The van der Waals surface area contributed by atoms with Crippen molar-refractivity contribution in [2.24, 2.45) is 51.2 Å². The van der Waals surface area contributed by atoms with Gasteiger partial charge in [0, 0.05) is 5.92 Å². The number of rotatable bonds is 2. The van der Waals surface area contributed by atoms with Gasteiger partial charge in [-0.25, -0.2) is 0 Å². The van der Waals surface area contributed by atoms with E-state index < -0.39 is 6.29 Å². The number of ether oxygens (including phenoxy) is 2. The summed E-state index contributed by atoms with van der Waals surface area (Å²) in [5.41, 5.74) is 0.883. The molecule has 4 aliphatic carbocycles. The molecule has 2 saturated heterocycles. The van der Waals surface area contributed by atoms with E-state index in [9.17, 15) is 10.2 Å². The monoisotopic (exact) mass is 474 g/mol. The summed E-state index contributed by atoms with van der Waals surface area (Å²) in [6, 6.07) is 0. The Kier molecular flexibility index (Phi) is 5.15. The standard InChI is InChI=1S/C30H50O4/c1-26(2)22-9-8-20-19(28(22,5)13-12-23(26)31)11-15-29(6)18(10-14-30(20,29)7)17-16-21(33-25(17)32)24-27(3,4)34-24/h17-25,31-32H,8-16H2,1-7H3/t17-,18+,19+,20?,21+,22+,23-,24-,25?,28-,29-,30-/m0/s1. The molecule has 0 amide bonds. The Morgan fingerprint density at radius 3 is 1.97 bits per heavy atom. The zero-order chi connectivity index (χ0) is 24.5. The first kappa shape index (κ1) is 24.2. The highest BCUT2D eigenvalue weighted by molar-refractivity contribution is 5.17. The van der Waals surface area contributed by atoms with Crippen molar-refractivity contribution < 1.29 is 19.7 Å². The molecule has 2 unspecified atom stereocenters. The van der Waals surface area contributed by atoms with E-state index in [4.69, 9.17) is 9.47 Å². The van der Waals surface area contributed by atoms with Gasteiger partial charge in [0.15, 0.2) is 6.29 Å². The van der Waals surface area contributed by atoms with Crippen LogP contribution < -0.4 is 0 Å². The molecule has 0 aromatic rings. The van der Waals surface area contributed by atoms with E-state index in [1.807, 2.05) is 0 Å². The van der Waals surface area contributed by atoms with Crippen LogP contribution in [0.25, 0.3) is 0 Å². The normalized spacial score (nSPS) is 59.7. The van der Waals surface area contributed by atoms with Crippen molar-refractivity contribution in [1.82, 2.24) is 0 Å². The second kappa shape index (κ2) is 7.23. The number of aliphatic hydroxyl groups excluding tert-OH is 2. The zero-order valence-electron chi connectivity index (χ0n) is 22.8. The topological polar surface area (TPSA) is 62.2 Å². The maximum absolute atomic E-state index is 11.1. The van der Waals surface area contributed by atoms with Crippen LogP contribution in [0, 0.1) is 51.2 Å².